The lowest BCUT2D eigenvalue weighted by molar-refractivity contribution is -0.116. The molecule has 0 aliphatic rings. The van der Waals surface area contributed by atoms with Crippen LogP contribution in [-0.4, -0.2) is 21.2 Å². The number of nitrogens with zero attached hydrogens (tertiary/aromatic N) is 2. The minimum absolute atomic E-state index is 0.0624. The quantitative estimate of drug-likeness (QED) is 0.472. The predicted molar refractivity (Wildman–Crippen MR) is 119 cm³/mol. The summed E-state index contributed by atoms with van der Waals surface area (Å²) in [6, 6.07) is 17.5. The molecular weight excluding hydrogens is 382 g/mol. The number of nitrogens with one attached hydrogen (secondary N) is 1. The molecule has 29 heavy (non-hydrogen) atoms. The van der Waals surface area contributed by atoms with Crippen LogP contribution in [0.4, 0.5) is 5.69 Å². The summed E-state index contributed by atoms with van der Waals surface area (Å²) in [6.07, 6.45) is 0.865. The van der Waals surface area contributed by atoms with E-state index in [1.54, 1.807) is 6.92 Å². The highest BCUT2D eigenvalue weighted by Gasteiger charge is 2.13. The lowest BCUT2D eigenvalue weighted by Crippen LogP contribution is -2.29. The molecule has 3 aromatic rings. The molecule has 5 nitrogen and oxygen atoms in total. The zero-order chi connectivity index (χ0) is 20.8. The van der Waals surface area contributed by atoms with Gasteiger partial charge in [0.1, 0.15) is 6.54 Å². The van der Waals surface area contributed by atoms with E-state index in [0.29, 0.717) is 10.9 Å². The van der Waals surface area contributed by atoms with Gasteiger partial charge in [0.15, 0.2) is 5.16 Å². The molecule has 0 aliphatic carbocycles. The van der Waals surface area contributed by atoms with Crippen LogP contribution in [0, 0.1) is 20.8 Å². The molecule has 150 valence electrons. The van der Waals surface area contributed by atoms with Gasteiger partial charge in [-0.2, -0.15) is 0 Å². The van der Waals surface area contributed by atoms with E-state index in [2.05, 4.69) is 22.4 Å². The third kappa shape index (κ3) is 5.81. The fraction of sp³-hybridized carbons (Fsp3) is 0.261. The summed E-state index contributed by atoms with van der Waals surface area (Å²) < 4.78 is 1.45. The standard InChI is InChI=1S/C23H25N3O2S/c1-16-9-10-20(17(2)13-16)25-21(27)15-26-22(28)14-18(3)24-23(26)29-12-11-19-7-5-4-6-8-19/h4-10,13-14H,11-12,15H2,1-3H3,(H,25,27). The Labute approximate surface area is 175 Å². The van der Waals surface area contributed by atoms with Gasteiger partial charge in [0.2, 0.25) is 5.91 Å². The fourth-order valence-corrected chi connectivity index (χ4v) is 4.08. The second-order valence-corrected chi connectivity index (χ2v) is 8.12. The number of carbonyl (C=O) groups excluding carboxylic acids is 1. The molecule has 1 amide bonds. The first-order chi connectivity index (χ1) is 13.9. The molecule has 0 saturated heterocycles. The number of carbonyl (C=O) groups is 1. The maximum Gasteiger partial charge on any atom is 0.254 e. The van der Waals surface area contributed by atoms with Crippen LogP contribution < -0.4 is 10.9 Å². The van der Waals surface area contributed by atoms with E-state index >= 15 is 0 Å². The van der Waals surface area contributed by atoms with E-state index in [0.717, 1.165) is 29.0 Å². The van der Waals surface area contributed by atoms with E-state index in [-0.39, 0.29) is 18.0 Å². The minimum atomic E-state index is -0.241. The predicted octanol–water partition coefficient (Wildman–Crippen LogP) is 4.14. The van der Waals surface area contributed by atoms with Gasteiger partial charge in [0.25, 0.3) is 5.56 Å². The maximum absolute atomic E-state index is 12.6. The smallest absolute Gasteiger partial charge is 0.254 e. The van der Waals surface area contributed by atoms with Crippen molar-refractivity contribution in [2.75, 3.05) is 11.1 Å². The van der Waals surface area contributed by atoms with Gasteiger partial charge in [-0.05, 0) is 44.4 Å². The number of hydrogen-bond donors (Lipinski definition) is 1. The Hall–Kier alpha value is -2.86. The van der Waals surface area contributed by atoms with Crippen molar-refractivity contribution in [2.24, 2.45) is 0 Å². The number of rotatable bonds is 7. The number of thioether (sulfide) groups is 1. The molecule has 2 aromatic carbocycles. The molecule has 0 spiro atoms. The minimum Gasteiger partial charge on any atom is -0.324 e. The second-order valence-electron chi connectivity index (χ2n) is 7.06. The third-order valence-corrected chi connectivity index (χ3v) is 5.50. The van der Waals surface area contributed by atoms with Crippen LogP contribution in [0.25, 0.3) is 0 Å². The Bertz CT molecular complexity index is 1060. The summed E-state index contributed by atoms with van der Waals surface area (Å²) in [7, 11) is 0. The number of anilines is 1. The number of aryl methyl sites for hydroxylation is 4. The van der Waals surface area contributed by atoms with Crippen molar-refractivity contribution in [3.8, 4) is 0 Å². The van der Waals surface area contributed by atoms with E-state index in [1.165, 1.54) is 28.0 Å². The van der Waals surface area contributed by atoms with Crippen LogP contribution >= 0.6 is 11.8 Å². The monoisotopic (exact) mass is 407 g/mol. The molecule has 1 N–H and O–H groups in total. The van der Waals surface area contributed by atoms with E-state index in [4.69, 9.17) is 0 Å². The van der Waals surface area contributed by atoms with Crippen LogP contribution in [0.1, 0.15) is 22.4 Å². The first-order valence-electron chi connectivity index (χ1n) is 9.54. The van der Waals surface area contributed by atoms with Crippen molar-refractivity contribution in [2.45, 2.75) is 38.9 Å². The van der Waals surface area contributed by atoms with E-state index in [1.807, 2.05) is 50.2 Å². The lowest BCUT2D eigenvalue weighted by atomic mass is 10.1. The van der Waals surface area contributed by atoms with Crippen molar-refractivity contribution < 1.29 is 4.79 Å². The first kappa shape index (κ1) is 20.9. The van der Waals surface area contributed by atoms with Gasteiger partial charge in [-0.1, -0.05) is 59.8 Å². The first-order valence-corrected chi connectivity index (χ1v) is 10.5. The van der Waals surface area contributed by atoms with E-state index in [9.17, 15) is 9.59 Å². The van der Waals surface area contributed by atoms with Crippen LogP contribution in [0.2, 0.25) is 0 Å². The van der Waals surface area contributed by atoms with Gasteiger partial charge in [-0.15, -0.1) is 0 Å². The average Bonchev–Trinajstić information content (AvgIpc) is 2.67. The van der Waals surface area contributed by atoms with Gasteiger partial charge < -0.3 is 5.32 Å². The Balaban J connectivity index is 1.72. The molecule has 6 heteroatoms. The third-order valence-electron chi connectivity index (χ3n) is 4.52. The van der Waals surface area contributed by atoms with Gasteiger partial charge in [-0.25, -0.2) is 4.98 Å². The molecule has 1 aromatic heterocycles. The van der Waals surface area contributed by atoms with Crippen LogP contribution in [0.5, 0.6) is 0 Å². The summed E-state index contributed by atoms with van der Waals surface area (Å²) in [4.78, 5) is 29.6. The molecule has 3 rings (SSSR count). The highest BCUT2D eigenvalue weighted by molar-refractivity contribution is 7.99. The molecule has 0 radical (unpaired) electrons. The molecule has 0 unspecified atom stereocenters. The SMILES string of the molecule is Cc1ccc(NC(=O)Cn2c(SCCc3ccccc3)nc(C)cc2=O)c(C)c1. The normalized spacial score (nSPS) is 10.7. The van der Waals surface area contributed by atoms with Gasteiger partial charge >= 0.3 is 0 Å². The number of amides is 1. The van der Waals surface area contributed by atoms with Crippen LogP contribution in [0.15, 0.2) is 64.5 Å². The Kier molecular flexibility index (Phi) is 6.88. The molecule has 0 aliphatic heterocycles. The average molecular weight is 408 g/mol. The van der Waals surface area contributed by atoms with Crippen LogP contribution in [-0.2, 0) is 17.8 Å². The van der Waals surface area contributed by atoms with Crippen molar-refractivity contribution in [1.29, 1.82) is 0 Å². The van der Waals surface area contributed by atoms with Crippen LogP contribution in [0.3, 0.4) is 0 Å². The van der Waals surface area contributed by atoms with E-state index < -0.39 is 0 Å². The molecule has 0 fully saturated rings. The zero-order valence-electron chi connectivity index (χ0n) is 16.9. The largest absolute Gasteiger partial charge is 0.324 e. The van der Waals surface area contributed by atoms with Gasteiger partial charge in [-0.3, -0.25) is 14.2 Å². The van der Waals surface area contributed by atoms with Crippen molar-refractivity contribution in [3.63, 3.8) is 0 Å². The van der Waals surface area contributed by atoms with Crippen molar-refractivity contribution >= 4 is 23.4 Å². The highest BCUT2D eigenvalue weighted by atomic mass is 32.2. The molecule has 0 bridgehead atoms. The summed E-state index contributed by atoms with van der Waals surface area (Å²) >= 11 is 1.50. The Morgan fingerprint density at radius 2 is 1.83 bits per heavy atom. The van der Waals surface area contributed by atoms with Gasteiger partial charge in [0.05, 0.1) is 0 Å². The molecule has 0 atom stereocenters. The van der Waals surface area contributed by atoms with Gasteiger partial charge in [0, 0.05) is 23.2 Å². The number of benzene rings is 2. The number of aromatic nitrogens is 2. The van der Waals surface area contributed by atoms with Crippen molar-refractivity contribution in [1.82, 2.24) is 9.55 Å². The summed E-state index contributed by atoms with van der Waals surface area (Å²) in [5.74, 6) is 0.535. The topological polar surface area (TPSA) is 64.0 Å². The maximum atomic E-state index is 12.6. The summed E-state index contributed by atoms with van der Waals surface area (Å²) in [5, 5.41) is 3.47. The Morgan fingerprint density at radius 3 is 2.55 bits per heavy atom. The fourth-order valence-electron chi connectivity index (χ4n) is 3.04. The number of hydrogen-bond acceptors (Lipinski definition) is 4. The zero-order valence-corrected chi connectivity index (χ0v) is 17.8. The Morgan fingerprint density at radius 1 is 1.07 bits per heavy atom. The molecule has 1 heterocycles. The molecular formula is C23H25N3O2S. The second kappa shape index (κ2) is 9.56. The van der Waals surface area contributed by atoms with Crippen molar-refractivity contribution in [3.05, 3.63) is 87.3 Å². The summed E-state index contributed by atoms with van der Waals surface area (Å²) in [6.45, 7) is 5.69. The summed E-state index contributed by atoms with van der Waals surface area (Å²) in [5.41, 5.74) is 4.56. The highest BCUT2D eigenvalue weighted by Crippen LogP contribution is 2.18. The molecule has 0 saturated carbocycles. The lowest BCUT2D eigenvalue weighted by Gasteiger charge is -2.13.